The van der Waals surface area contributed by atoms with E-state index in [1.807, 2.05) is 12.1 Å². The minimum Gasteiger partial charge on any atom is -0.495 e. The molecule has 0 unspecified atom stereocenters. The Hall–Kier alpha value is -3.12. The molecule has 0 atom stereocenters. The molecule has 132 valence electrons. The lowest BCUT2D eigenvalue weighted by atomic mass is 10.1. The average Bonchev–Trinajstić information content (AvgIpc) is 2.62. The van der Waals surface area contributed by atoms with Crippen LogP contribution in [0.3, 0.4) is 0 Å². The van der Waals surface area contributed by atoms with E-state index in [9.17, 15) is 4.79 Å². The second kappa shape index (κ2) is 7.84. The Bertz CT molecular complexity index is 946. The summed E-state index contributed by atoms with van der Waals surface area (Å²) in [4.78, 5) is 20.1. The van der Waals surface area contributed by atoms with Crippen molar-refractivity contribution >= 4 is 40.5 Å². The molecule has 1 aromatic heterocycles. The quantitative estimate of drug-likeness (QED) is 0.607. The van der Waals surface area contributed by atoms with Gasteiger partial charge in [0.05, 0.1) is 12.8 Å². The van der Waals surface area contributed by atoms with E-state index in [0.717, 1.165) is 5.69 Å². The number of Topliss-reactive ketones (excluding diaryl/α,β-unsaturated/α-hetero) is 1. The topological polar surface area (TPSA) is 76.1 Å². The Morgan fingerprint density at radius 3 is 2.73 bits per heavy atom. The van der Waals surface area contributed by atoms with Gasteiger partial charge in [0.25, 0.3) is 0 Å². The van der Waals surface area contributed by atoms with Crippen LogP contribution in [0.2, 0.25) is 5.02 Å². The molecule has 0 radical (unpaired) electrons. The minimum absolute atomic E-state index is 0.00624. The number of ketones is 1. The summed E-state index contributed by atoms with van der Waals surface area (Å²) in [6.45, 7) is 1.53. The zero-order chi connectivity index (χ0) is 18.5. The lowest BCUT2D eigenvalue weighted by Gasteiger charge is -2.12. The molecule has 0 saturated carbocycles. The van der Waals surface area contributed by atoms with Crippen LogP contribution < -0.4 is 15.4 Å². The van der Waals surface area contributed by atoms with Gasteiger partial charge in [0, 0.05) is 22.5 Å². The molecule has 0 bridgehead atoms. The molecule has 0 aliphatic rings. The van der Waals surface area contributed by atoms with Crippen molar-refractivity contribution in [2.24, 2.45) is 0 Å². The number of anilines is 4. The first-order valence-electron chi connectivity index (χ1n) is 7.87. The highest BCUT2D eigenvalue weighted by atomic mass is 35.5. The van der Waals surface area contributed by atoms with Crippen LogP contribution in [0.5, 0.6) is 5.75 Å². The van der Waals surface area contributed by atoms with Gasteiger partial charge in [-0.05, 0) is 43.3 Å². The fraction of sp³-hybridized carbons (Fsp3) is 0.105. The first-order valence-corrected chi connectivity index (χ1v) is 8.24. The van der Waals surface area contributed by atoms with Gasteiger partial charge in [-0.2, -0.15) is 4.98 Å². The van der Waals surface area contributed by atoms with Crippen LogP contribution in [0.25, 0.3) is 0 Å². The van der Waals surface area contributed by atoms with E-state index in [4.69, 9.17) is 16.3 Å². The van der Waals surface area contributed by atoms with Crippen LogP contribution in [0.1, 0.15) is 17.3 Å². The molecule has 26 heavy (non-hydrogen) atoms. The van der Waals surface area contributed by atoms with Crippen molar-refractivity contribution in [1.29, 1.82) is 0 Å². The number of hydrogen-bond donors (Lipinski definition) is 2. The van der Waals surface area contributed by atoms with Crippen molar-refractivity contribution in [2.75, 3.05) is 17.7 Å². The molecule has 3 aromatic rings. The number of rotatable bonds is 6. The molecule has 0 aliphatic heterocycles. The maximum atomic E-state index is 11.5. The Balaban J connectivity index is 1.82. The highest BCUT2D eigenvalue weighted by Crippen LogP contribution is 2.29. The summed E-state index contributed by atoms with van der Waals surface area (Å²) in [6, 6.07) is 14.2. The highest BCUT2D eigenvalue weighted by Gasteiger charge is 2.07. The van der Waals surface area contributed by atoms with Crippen LogP contribution in [-0.2, 0) is 0 Å². The molecule has 2 aromatic carbocycles. The summed E-state index contributed by atoms with van der Waals surface area (Å²) < 4.78 is 5.31. The highest BCUT2D eigenvalue weighted by molar-refractivity contribution is 6.31. The van der Waals surface area contributed by atoms with Crippen molar-refractivity contribution in [3.8, 4) is 5.75 Å². The number of carbonyl (C=O) groups is 1. The van der Waals surface area contributed by atoms with E-state index >= 15 is 0 Å². The second-order valence-electron chi connectivity index (χ2n) is 5.50. The Morgan fingerprint density at radius 2 is 1.96 bits per heavy atom. The zero-order valence-corrected chi connectivity index (χ0v) is 15.0. The Morgan fingerprint density at radius 1 is 1.12 bits per heavy atom. The van der Waals surface area contributed by atoms with Gasteiger partial charge in [-0.3, -0.25) is 4.79 Å². The number of methoxy groups -OCH3 is 1. The van der Waals surface area contributed by atoms with Crippen molar-refractivity contribution in [2.45, 2.75) is 6.92 Å². The van der Waals surface area contributed by atoms with Gasteiger partial charge >= 0.3 is 0 Å². The van der Waals surface area contributed by atoms with Gasteiger partial charge in [-0.15, -0.1) is 0 Å². The summed E-state index contributed by atoms with van der Waals surface area (Å²) in [5, 5.41) is 6.83. The number of hydrogen-bond acceptors (Lipinski definition) is 6. The predicted molar refractivity (Wildman–Crippen MR) is 103 cm³/mol. The molecule has 6 nitrogen and oxygen atoms in total. The molecule has 7 heteroatoms. The average molecular weight is 369 g/mol. The predicted octanol–water partition coefficient (Wildman–Crippen LogP) is 4.83. The lowest BCUT2D eigenvalue weighted by Crippen LogP contribution is -2.02. The van der Waals surface area contributed by atoms with Gasteiger partial charge in [0.15, 0.2) is 5.78 Å². The number of nitrogens with one attached hydrogen (secondary N) is 2. The van der Waals surface area contributed by atoms with E-state index < -0.39 is 0 Å². The summed E-state index contributed by atoms with van der Waals surface area (Å²) in [6.07, 6.45) is 1.63. The fourth-order valence-electron chi connectivity index (χ4n) is 2.35. The normalized spacial score (nSPS) is 10.3. The van der Waals surface area contributed by atoms with Gasteiger partial charge in [-0.1, -0.05) is 23.7 Å². The molecule has 0 amide bonds. The SMILES string of the molecule is COc1ccc(Cl)cc1Nc1nccc(Nc2cccc(C(C)=O)c2)n1. The number of carbonyl (C=O) groups excluding carboxylic acids is 1. The molecule has 1 heterocycles. The molecular formula is C19H17ClN4O2. The van der Waals surface area contributed by atoms with Crippen molar-refractivity contribution in [3.63, 3.8) is 0 Å². The molecular weight excluding hydrogens is 352 g/mol. The van der Waals surface area contributed by atoms with Gasteiger partial charge in [0.1, 0.15) is 11.6 Å². The van der Waals surface area contributed by atoms with E-state index in [-0.39, 0.29) is 5.78 Å². The van der Waals surface area contributed by atoms with Crippen LogP contribution in [0, 0.1) is 0 Å². The zero-order valence-electron chi connectivity index (χ0n) is 14.3. The number of ether oxygens (including phenoxy) is 1. The maximum Gasteiger partial charge on any atom is 0.229 e. The van der Waals surface area contributed by atoms with E-state index in [1.165, 1.54) is 6.92 Å². The molecule has 0 spiro atoms. The van der Waals surface area contributed by atoms with Crippen molar-refractivity contribution in [3.05, 3.63) is 65.3 Å². The smallest absolute Gasteiger partial charge is 0.229 e. The van der Waals surface area contributed by atoms with E-state index in [0.29, 0.717) is 33.8 Å². The number of benzene rings is 2. The summed E-state index contributed by atoms with van der Waals surface area (Å²) >= 11 is 6.04. The first-order chi connectivity index (χ1) is 12.5. The summed E-state index contributed by atoms with van der Waals surface area (Å²) in [7, 11) is 1.58. The number of aromatic nitrogens is 2. The van der Waals surface area contributed by atoms with E-state index in [1.54, 1.807) is 49.7 Å². The fourth-order valence-corrected chi connectivity index (χ4v) is 2.52. The van der Waals surface area contributed by atoms with Gasteiger partial charge < -0.3 is 15.4 Å². The molecule has 2 N–H and O–H groups in total. The maximum absolute atomic E-state index is 11.5. The van der Waals surface area contributed by atoms with Gasteiger partial charge in [0.2, 0.25) is 5.95 Å². The largest absolute Gasteiger partial charge is 0.495 e. The monoisotopic (exact) mass is 368 g/mol. The third-order valence-electron chi connectivity index (χ3n) is 3.61. The standard InChI is InChI=1S/C19H17ClN4O2/c1-12(25)13-4-3-5-15(10-13)22-18-8-9-21-19(24-18)23-16-11-14(20)6-7-17(16)26-2/h3-11H,1-2H3,(H2,21,22,23,24). The third-order valence-corrected chi connectivity index (χ3v) is 3.84. The molecule has 0 aliphatic carbocycles. The summed E-state index contributed by atoms with van der Waals surface area (Å²) in [5.74, 6) is 1.61. The van der Waals surface area contributed by atoms with Crippen LogP contribution in [0.4, 0.5) is 23.1 Å². The molecule has 0 fully saturated rings. The number of nitrogens with zero attached hydrogens (tertiary/aromatic N) is 2. The van der Waals surface area contributed by atoms with E-state index in [2.05, 4.69) is 20.6 Å². The van der Waals surface area contributed by atoms with Crippen LogP contribution in [0.15, 0.2) is 54.7 Å². The third kappa shape index (κ3) is 4.29. The first kappa shape index (κ1) is 17.7. The van der Waals surface area contributed by atoms with Crippen LogP contribution in [-0.4, -0.2) is 22.9 Å². The van der Waals surface area contributed by atoms with Gasteiger partial charge in [-0.25, -0.2) is 4.98 Å². The van der Waals surface area contributed by atoms with Crippen molar-refractivity contribution < 1.29 is 9.53 Å². The van der Waals surface area contributed by atoms with Crippen molar-refractivity contribution in [1.82, 2.24) is 9.97 Å². The lowest BCUT2D eigenvalue weighted by molar-refractivity contribution is 0.101. The van der Waals surface area contributed by atoms with Crippen LogP contribution >= 0.6 is 11.6 Å². The molecule has 0 saturated heterocycles. The Kier molecular flexibility index (Phi) is 5.34. The molecule has 3 rings (SSSR count). The minimum atomic E-state index is 0.00624. The summed E-state index contributed by atoms with van der Waals surface area (Å²) in [5.41, 5.74) is 2.06. The Labute approximate surface area is 156 Å². The number of halogens is 1. The second-order valence-corrected chi connectivity index (χ2v) is 5.93.